The van der Waals surface area contributed by atoms with E-state index in [2.05, 4.69) is 15.5 Å². The molecule has 1 amide bonds. The fourth-order valence-corrected chi connectivity index (χ4v) is 1.52. The molecule has 2 N–H and O–H groups in total. The number of aromatic nitrogens is 2. The van der Waals surface area contributed by atoms with Crippen LogP contribution in [0.5, 0.6) is 0 Å². The summed E-state index contributed by atoms with van der Waals surface area (Å²) in [4.78, 5) is 22.8. The summed E-state index contributed by atoms with van der Waals surface area (Å²) in [5.41, 5.74) is 1.62. The van der Waals surface area contributed by atoms with E-state index < -0.39 is 12.1 Å². The average Bonchev–Trinajstić information content (AvgIpc) is 2.38. The van der Waals surface area contributed by atoms with Crippen LogP contribution in [0.1, 0.15) is 28.7 Å². The molecule has 0 radical (unpaired) electrons. The molecular formula is C12H17N3O4. The predicted octanol–water partition coefficient (Wildman–Crippen LogP) is 0.177. The summed E-state index contributed by atoms with van der Waals surface area (Å²) >= 11 is 0. The number of carboxylic acids is 1. The number of hydrogen-bond donors (Lipinski definition) is 2. The minimum atomic E-state index is -1.12. The van der Waals surface area contributed by atoms with Gasteiger partial charge in [0.2, 0.25) is 0 Å². The van der Waals surface area contributed by atoms with Gasteiger partial charge in [0.15, 0.2) is 6.10 Å². The van der Waals surface area contributed by atoms with E-state index in [0.717, 1.165) is 0 Å². The van der Waals surface area contributed by atoms with E-state index in [1.165, 1.54) is 7.11 Å². The predicted molar refractivity (Wildman–Crippen MR) is 66.9 cm³/mol. The largest absolute Gasteiger partial charge is 0.479 e. The molecule has 1 heterocycles. The maximum absolute atomic E-state index is 12.0. The number of carbonyl (C=O) groups excluding carboxylic acids is 1. The van der Waals surface area contributed by atoms with E-state index in [1.54, 1.807) is 13.0 Å². The van der Waals surface area contributed by atoms with Crippen LogP contribution in [0.4, 0.5) is 0 Å². The molecule has 0 aliphatic carbocycles. The Kier molecular flexibility index (Phi) is 5.37. The van der Waals surface area contributed by atoms with Crippen molar-refractivity contribution in [2.45, 2.75) is 26.4 Å². The number of nitrogens with one attached hydrogen (secondary N) is 1. The second-order valence-electron chi connectivity index (χ2n) is 3.97. The first-order valence-corrected chi connectivity index (χ1v) is 5.86. The molecule has 0 spiro atoms. The Bertz CT molecular complexity index is 476. The number of hydrogen-bond acceptors (Lipinski definition) is 5. The van der Waals surface area contributed by atoms with E-state index >= 15 is 0 Å². The highest BCUT2D eigenvalue weighted by atomic mass is 16.5. The fraction of sp³-hybridized carbons (Fsp3) is 0.500. The molecular weight excluding hydrogens is 250 g/mol. The van der Waals surface area contributed by atoms with E-state index in [-0.39, 0.29) is 12.5 Å². The van der Waals surface area contributed by atoms with Gasteiger partial charge in [-0.2, -0.15) is 10.2 Å². The summed E-state index contributed by atoms with van der Waals surface area (Å²) in [5.74, 6) is -1.50. The fourth-order valence-electron chi connectivity index (χ4n) is 1.52. The van der Waals surface area contributed by atoms with Gasteiger partial charge in [-0.05, 0) is 19.4 Å². The summed E-state index contributed by atoms with van der Waals surface area (Å²) < 4.78 is 4.74. The van der Waals surface area contributed by atoms with Crippen LogP contribution in [0.25, 0.3) is 0 Å². The monoisotopic (exact) mass is 267 g/mol. The van der Waals surface area contributed by atoms with Crippen molar-refractivity contribution in [2.24, 2.45) is 0 Å². The van der Waals surface area contributed by atoms with Gasteiger partial charge in [-0.25, -0.2) is 4.79 Å². The maximum Gasteiger partial charge on any atom is 0.334 e. The van der Waals surface area contributed by atoms with Crippen molar-refractivity contribution in [3.63, 3.8) is 0 Å². The molecule has 0 saturated heterocycles. The van der Waals surface area contributed by atoms with Gasteiger partial charge in [0.1, 0.15) is 0 Å². The van der Waals surface area contributed by atoms with E-state index in [4.69, 9.17) is 9.84 Å². The number of aliphatic carboxylic acids is 1. The molecule has 7 nitrogen and oxygen atoms in total. The van der Waals surface area contributed by atoms with Gasteiger partial charge in [-0.15, -0.1) is 0 Å². The van der Waals surface area contributed by atoms with Crippen molar-refractivity contribution < 1.29 is 19.4 Å². The third-order valence-corrected chi connectivity index (χ3v) is 2.58. The first-order chi connectivity index (χ1) is 8.99. The van der Waals surface area contributed by atoms with E-state index in [9.17, 15) is 9.59 Å². The molecule has 1 atom stereocenters. The molecule has 0 aliphatic heterocycles. The van der Waals surface area contributed by atoms with Crippen molar-refractivity contribution in [2.75, 3.05) is 13.7 Å². The Labute approximate surface area is 111 Å². The Morgan fingerprint density at radius 3 is 2.68 bits per heavy atom. The highest BCUT2D eigenvalue weighted by Gasteiger charge is 2.19. The lowest BCUT2D eigenvalue weighted by Gasteiger charge is -2.12. The van der Waals surface area contributed by atoms with Crippen LogP contribution in [0.2, 0.25) is 0 Å². The molecule has 1 unspecified atom stereocenters. The Hall–Kier alpha value is -2.02. The zero-order chi connectivity index (χ0) is 14.4. The number of carbonyl (C=O) groups is 2. The molecule has 7 heteroatoms. The SMILES string of the molecule is CCc1nnc(C)cc1C(=O)NCC(OC)C(=O)O. The van der Waals surface area contributed by atoms with Crippen LogP contribution in [0, 0.1) is 6.92 Å². The smallest absolute Gasteiger partial charge is 0.334 e. The lowest BCUT2D eigenvalue weighted by atomic mass is 10.1. The van der Waals surface area contributed by atoms with Crippen LogP contribution >= 0.6 is 0 Å². The summed E-state index contributed by atoms with van der Waals surface area (Å²) in [7, 11) is 1.28. The second-order valence-corrected chi connectivity index (χ2v) is 3.97. The van der Waals surface area contributed by atoms with Crippen molar-refractivity contribution in [3.8, 4) is 0 Å². The molecule has 0 fully saturated rings. The second kappa shape index (κ2) is 6.79. The normalized spacial score (nSPS) is 11.9. The molecule has 1 aromatic heterocycles. The standard InChI is InChI=1S/C12H17N3O4/c1-4-9-8(5-7(2)14-15-9)11(16)13-6-10(19-3)12(17)18/h5,10H,4,6H2,1-3H3,(H,13,16)(H,17,18). The molecule has 104 valence electrons. The number of methoxy groups -OCH3 is 1. The number of aryl methyl sites for hydroxylation is 2. The van der Waals surface area contributed by atoms with Crippen LogP contribution in [-0.2, 0) is 16.0 Å². The van der Waals surface area contributed by atoms with Gasteiger partial charge in [0.05, 0.1) is 23.5 Å². The highest BCUT2D eigenvalue weighted by molar-refractivity contribution is 5.95. The number of carboxylic acid groups (broad SMARTS) is 1. The average molecular weight is 267 g/mol. The molecule has 0 saturated carbocycles. The van der Waals surface area contributed by atoms with Crippen molar-refractivity contribution >= 4 is 11.9 Å². The van der Waals surface area contributed by atoms with Crippen LogP contribution in [0.15, 0.2) is 6.07 Å². The Balaban J connectivity index is 2.78. The topological polar surface area (TPSA) is 101 Å². The van der Waals surface area contributed by atoms with E-state index in [0.29, 0.717) is 23.4 Å². The number of ether oxygens (including phenoxy) is 1. The summed E-state index contributed by atoms with van der Waals surface area (Å²) in [6.07, 6.45) is -0.493. The van der Waals surface area contributed by atoms with Gasteiger partial charge in [-0.1, -0.05) is 6.92 Å². The van der Waals surface area contributed by atoms with Crippen molar-refractivity contribution in [3.05, 3.63) is 23.0 Å². The summed E-state index contributed by atoms with van der Waals surface area (Å²) in [5, 5.41) is 19.1. The van der Waals surface area contributed by atoms with Gasteiger partial charge >= 0.3 is 5.97 Å². The molecule has 1 rings (SSSR count). The Morgan fingerprint density at radius 2 is 2.16 bits per heavy atom. The summed E-state index contributed by atoms with van der Waals surface area (Å²) in [6, 6.07) is 1.63. The zero-order valence-electron chi connectivity index (χ0n) is 11.1. The third kappa shape index (κ3) is 3.99. The highest BCUT2D eigenvalue weighted by Crippen LogP contribution is 2.07. The maximum atomic E-state index is 12.0. The number of amides is 1. The summed E-state index contributed by atoms with van der Waals surface area (Å²) in [6.45, 7) is 3.50. The molecule has 0 bridgehead atoms. The van der Waals surface area contributed by atoms with Gasteiger partial charge in [-0.3, -0.25) is 4.79 Å². The van der Waals surface area contributed by atoms with Crippen LogP contribution < -0.4 is 5.32 Å². The van der Waals surface area contributed by atoms with Crippen LogP contribution in [0.3, 0.4) is 0 Å². The van der Waals surface area contributed by atoms with Crippen molar-refractivity contribution in [1.82, 2.24) is 15.5 Å². The lowest BCUT2D eigenvalue weighted by Crippen LogP contribution is -2.38. The van der Waals surface area contributed by atoms with Crippen molar-refractivity contribution in [1.29, 1.82) is 0 Å². The molecule has 0 aliphatic rings. The number of rotatable bonds is 6. The number of nitrogens with zero attached hydrogens (tertiary/aromatic N) is 2. The molecule has 19 heavy (non-hydrogen) atoms. The minimum Gasteiger partial charge on any atom is -0.479 e. The first-order valence-electron chi connectivity index (χ1n) is 5.86. The quantitative estimate of drug-likeness (QED) is 0.762. The molecule has 0 aromatic carbocycles. The first kappa shape index (κ1) is 15.0. The molecule has 1 aromatic rings. The Morgan fingerprint density at radius 1 is 1.47 bits per heavy atom. The van der Waals surface area contributed by atoms with Gasteiger partial charge < -0.3 is 15.2 Å². The van der Waals surface area contributed by atoms with Gasteiger partial charge in [0.25, 0.3) is 5.91 Å². The van der Waals surface area contributed by atoms with Gasteiger partial charge in [0, 0.05) is 7.11 Å². The van der Waals surface area contributed by atoms with Crippen LogP contribution in [-0.4, -0.2) is 46.9 Å². The van der Waals surface area contributed by atoms with E-state index in [1.807, 2.05) is 6.92 Å². The lowest BCUT2D eigenvalue weighted by molar-refractivity contribution is -0.148. The third-order valence-electron chi connectivity index (χ3n) is 2.58. The minimum absolute atomic E-state index is 0.102. The zero-order valence-corrected chi connectivity index (χ0v) is 11.1.